The summed E-state index contributed by atoms with van der Waals surface area (Å²) >= 11 is 0. The summed E-state index contributed by atoms with van der Waals surface area (Å²) in [5.41, 5.74) is 0. The van der Waals surface area contributed by atoms with Crippen LogP contribution in [-0.2, 0) is 19.1 Å². The normalized spacial score (nSPS) is 50.8. The van der Waals surface area contributed by atoms with Gasteiger partial charge in [0.2, 0.25) is 0 Å². The average Bonchev–Trinajstić information content (AvgIpc) is 3.30. The van der Waals surface area contributed by atoms with E-state index in [4.69, 9.17) is 14.6 Å². The van der Waals surface area contributed by atoms with Gasteiger partial charge in [-0.2, -0.15) is 0 Å². The molecular weight excluding hydrogens is 308 g/mol. The molecule has 5 nitrogen and oxygen atoms in total. The van der Waals surface area contributed by atoms with Gasteiger partial charge in [0.05, 0.1) is 25.6 Å². The molecule has 134 valence electrons. The Balaban J connectivity index is 1.64. The molecule has 4 bridgehead atoms. The second-order valence-corrected chi connectivity index (χ2v) is 8.47. The minimum absolute atomic E-state index is 0.00813. The summed E-state index contributed by atoms with van der Waals surface area (Å²) in [5.74, 6) is 3.19. The van der Waals surface area contributed by atoms with Gasteiger partial charge in [-0.15, -0.1) is 0 Å². The summed E-state index contributed by atoms with van der Waals surface area (Å²) in [6, 6.07) is 0. The third-order valence-electron chi connectivity index (χ3n) is 8.08. The van der Waals surface area contributed by atoms with Crippen molar-refractivity contribution < 1.29 is 24.2 Å². The van der Waals surface area contributed by atoms with Crippen LogP contribution in [-0.4, -0.2) is 37.4 Å². The summed E-state index contributed by atoms with van der Waals surface area (Å²) in [6.45, 7) is 4.54. The molecule has 10 unspecified atom stereocenters. The van der Waals surface area contributed by atoms with Crippen LogP contribution in [0.3, 0.4) is 0 Å². The Morgan fingerprint density at radius 3 is 1.92 bits per heavy atom. The number of rotatable bonds is 4. The van der Waals surface area contributed by atoms with Crippen LogP contribution < -0.4 is 0 Å². The number of hydrogen-bond donors (Lipinski definition) is 1. The van der Waals surface area contributed by atoms with Crippen LogP contribution in [0.15, 0.2) is 0 Å². The summed E-state index contributed by atoms with van der Waals surface area (Å²) in [4.78, 5) is 25.1. The third-order valence-corrected chi connectivity index (χ3v) is 8.08. The fraction of sp³-hybridized carbons (Fsp3) is 0.895. The molecule has 4 aliphatic rings. The van der Waals surface area contributed by atoms with Crippen LogP contribution in [0.5, 0.6) is 0 Å². The highest BCUT2D eigenvalue weighted by molar-refractivity contribution is 5.84. The van der Waals surface area contributed by atoms with Gasteiger partial charge in [-0.05, 0) is 60.2 Å². The van der Waals surface area contributed by atoms with E-state index in [1.54, 1.807) is 0 Å². The molecule has 1 N–H and O–H groups in total. The first-order chi connectivity index (χ1) is 11.5. The van der Waals surface area contributed by atoms with Gasteiger partial charge in [-0.25, -0.2) is 0 Å². The highest BCUT2D eigenvalue weighted by atomic mass is 16.5. The number of fused-ring (bicyclic) bond motifs is 9. The lowest BCUT2D eigenvalue weighted by Gasteiger charge is -2.45. The summed E-state index contributed by atoms with van der Waals surface area (Å²) in [7, 11) is 1.41. The molecule has 0 heterocycles. The van der Waals surface area contributed by atoms with Gasteiger partial charge in [-0.3, -0.25) is 9.59 Å². The van der Waals surface area contributed by atoms with Gasteiger partial charge in [0.1, 0.15) is 6.61 Å². The van der Waals surface area contributed by atoms with Crippen molar-refractivity contribution in [3.63, 3.8) is 0 Å². The van der Waals surface area contributed by atoms with E-state index in [2.05, 4.69) is 13.8 Å². The van der Waals surface area contributed by atoms with Crippen molar-refractivity contribution in [3.05, 3.63) is 0 Å². The Hall–Kier alpha value is -1.10. The second kappa shape index (κ2) is 5.72. The minimum atomic E-state index is -0.378. The number of carbonyl (C=O) groups is 2. The highest BCUT2D eigenvalue weighted by Crippen LogP contribution is 2.72. The number of aliphatic hydroxyl groups excluding tert-OH is 1. The van der Waals surface area contributed by atoms with E-state index in [9.17, 15) is 9.59 Å². The largest absolute Gasteiger partial charge is 0.469 e. The molecule has 0 saturated heterocycles. The molecule has 0 aromatic carbocycles. The SMILES string of the molecule is COC(=O)C1C2CC(C1C(=O)OCCO)C1C3CC(C(C)C3C)C21. The summed E-state index contributed by atoms with van der Waals surface area (Å²) in [5, 5.41) is 8.94. The molecular formula is C19H28O5. The van der Waals surface area contributed by atoms with E-state index in [0.29, 0.717) is 35.5 Å². The number of methoxy groups -OCH3 is 1. The predicted molar refractivity (Wildman–Crippen MR) is 85.5 cm³/mol. The Morgan fingerprint density at radius 2 is 1.42 bits per heavy atom. The molecule has 5 heteroatoms. The zero-order chi connectivity index (χ0) is 17.2. The quantitative estimate of drug-likeness (QED) is 0.625. The van der Waals surface area contributed by atoms with Crippen LogP contribution in [0.25, 0.3) is 0 Å². The van der Waals surface area contributed by atoms with E-state index in [1.807, 2.05) is 0 Å². The molecule has 0 aromatic heterocycles. The lowest BCUT2D eigenvalue weighted by molar-refractivity contribution is -0.166. The molecule has 0 spiro atoms. The van der Waals surface area contributed by atoms with Crippen LogP contribution in [0.1, 0.15) is 26.7 Å². The highest BCUT2D eigenvalue weighted by Gasteiger charge is 2.71. The number of carbonyl (C=O) groups excluding carboxylic acids is 2. The first-order valence-electron chi connectivity index (χ1n) is 9.36. The van der Waals surface area contributed by atoms with Gasteiger partial charge in [0.15, 0.2) is 0 Å². The number of hydrogen-bond acceptors (Lipinski definition) is 5. The molecule has 4 saturated carbocycles. The lowest BCUT2D eigenvalue weighted by atomic mass is 9.59. The van der Waals surface area contributed by atoms with Crippen molar-refractivity contribution in [3.8, 4) is 0 Å². The third kappa shape index (κ3) is 1.97. The number of aliphatic hydroxyl groups is 1. The molecule has 4 fully saturated rings. The Bertz CT molecular complexity index is 546. The molecule has 24 heavy (non-hydrogen) atoms. The first-order valence-corrected chi connectivity index (χ1v) is 9.36. The summed E-state index contributed by atoms with van der Waals surface area (Å²) in [6.07, 6.45) is 2.22. The van der Waals surface area contributed by atoms with Crippen LogP contribution in [0.2, 0.25) is 0 Å². The monoisotopic (exact) mass is 336 g/mol. The number of esters is 2. The maximum Gasteiger partial charge on any atom is 0.310 e. The van der Waals surface area contributed by atoms with Gasteiger partial charge >= 0.3 is 11.9 Å². The van der Waals surface area contributed by atoms with E-state index >= 15 is 0 Å². The molecule has 4 aliphatic carbocycles. The van der Waals surface area contributed by atoms with Crippen molar-refractivity contribution in [1.82, 2.24) is 0 Å². The topological polar surface area (TPSA) is 72.8 Å². The zero-order valence-electron chi connectivity index (χ0n) is 14.7. The van der Waals surface area contributed by atoms with Crippen molar-refractivity contribution in [1.29, 1.82) is 0 Å². The van der Waals surface area contributed by atoms with E-state index < -0.39 is 0 Å². The average molecular weight is 336 g/mol. The minimum Gasteiger partial charge on any atom is -0.469 e. The van der Waals surface area contributed by atoms with Crippen molar-refractivity contribution in [2.45, 2.75) is 26.7 Å². The van der Waals surface area contributed by atoms with Crippen molar-refractivity contribution >= 4 is 11.9 Å². The molecule has 0 aliphatic heterocycles. The van der Waals surface area contributed by atoms with Crippen molar-refractivity contribution in [2.24, 2.45) is 59.2 Å². The van der Waals surface area contributed by atoms with E-state index in [-0.39, 0.29) is 48.8 Å². The van der Waals surface area contributed by atoms with E-state index in [1.165, 1.54) is 13.5 Å². The Labute approximate surface area is 143 Å². The van der Waals surface area contributed by atoms with Crippen LogP contribution in [0.4, 0.5) is 0 Å². The van der Waals surface area contributed by atoms with Crippen LogP contribution >= 0.6 is 0 Å². The smallest absolute Gasteiger partial charge is 0.310 e. The molecule has 0 aromatic rings. The second-order valence-electron chi connectivity index (χ2n) is 8.47. The summed E-state index contributed by atoms with van der Waals surface area (Å²) < 4.78 is 10.3. The maximum atomic E-state index is 12.6. The molecule has 0 amide bonds. The van der Waals surface area contributed by atoms with Gasteiger partial charge in [0, 0.05) is 0 Å². The fourth-order valence-corrected chi connectivity index (χ4v) is 7.27. The van der Waals surface area contributed by atoms with Crippen LogP contribution in [0, 0.1) is 59.2 Å². The van der Waals surface area contributed by atoms with Gasteiger partial charge < -0.3 is 14.6 Å². The Morgan fingerprint density at radius 1 is 0.917 bits per heavy atom. The molecule has 0 radical (unpaired) electrons. The zero-order valence-corrected chi connectivity index (χ0v) is 14.7. The predicted octanol–water partition coefficient (Wildman–Crippen LogP) is 1.73. The van der Waals surface area contributed by atoms with Gasteiger partial charge in [-0.1, -0.05) is 13.8 Å². The standard InChI is InChI=1S/C19H28O5/c1-8-9(2)11-6-10(8)14-12-7-13(15(11)14)17(16(12)18(21)23-3)19(22)24-5-4-20/h8-17,20H,4-7H2,1-3H3. The van der Waals surface area contributed by atoms with Gasteiger partial charge in [0.25, 0.3) is 0 Å². The molecule has 10 atom stereocenters. The lowest BCUT2D eigenvalue weighted by Crippen LogP contribution is -2.47. The fourth-order valence-electron chi connectivity index (χ4n) is 7.27. The number of ether oxygens (including phenoxy) is 2. The Kier molecular flexibility index (Phi) is 3.90. The van der Waals surface area contributed by atoms with E-state index in [0.717, 1.165) is 6.42 Å². The van der Waals surface area contributed by atoms with Crippen molar-refractivity contribution in [2.75, 3.05) is 20.3 Å². The molecule has 4 rings (SSSR count). The maximum absolute atomic E-state index is 12.6. The first kappa shape index (κ1) is 16.4.